The summed E-state index contributed by atoms with van der Waals surface area (Å²) in [6.07, 6.45) is 10.1. The maximum Gasteiger partial charge on any atom is 0.320 e. The minimum absolute atomic E-state index is 0.110. The van der Waals surface area contributed by atoms with Gasteiger partial charge in [0.1, 0.15) is 5.75 Å². The maximum absolute atomic E-state index is 13.3. The van der Waals surface area contributed by atoms with Gasteiger partial charge in [0.25, 0.3) is 0 Å². The number of dihydropyridines is 1. The number of fused-ring (bicyclic) bond motifs is 2. The number of pyridine rings is 1. The zero-order valence-electron chi connectivity index (χ0n) is 20.6. The van der Waals surface area contributed by atoms with Gasteiger partial charge in [0.15, 0.2) is 0 Å². The third kappa shape index (κ3) is 5.02. The molecule has 3 aliphatic rings. The van der Waals surface area contributed by atoms with Gasteiger partial charge in [-0.25, -0.2) is 4.79 Å². The number of hydrogen-bond acceptors (Lipinski definition) is 6. The number of piperidine rings is 1. The normalized spacial score (nSPS) is 20.5. The molecule has 4 heterocycles. The molecule has 3 N–H and O–H groups in total. The van der Waals surface area contributed by atoms with E-state index in [0.717, 1.165) is 36.8 Å². The second-order valence-electron chi connectivity index (χ2n) is 9.54. The lowest BCUT2D eigenvalue weighted by Gasteiger charge is -2.32. The number of carboxylic acid groups (broad SMARTS) is 1. The Kier molecular flexibility index (Phi) is 7.09. The summed E-state index contributed by atoms with van der Waals surface area (Å²) in [4.78, 5) is 33.0. The fraction of sp³-hybridized carbons (Fsp3) is 0.444. The van der Waals surface area contributed by atoms with Crippen LogP contribution in [0.1, 0.15) is 43.7 Å². The van der Waals surface area contributed by atoms with E-state index in [0.29, 0.717) is 30.9 Å². The van der Waals surface area contributed by atoms with Gasteiger partial charge >= 0.3 is 12.0 Å². The molecule has 5 rings (SSSR count). The van der Waals surface area contributed by atoms with Gasteiger partial charge in [0.05, 0.1) is 31.3 Å². The summed E-state index contributed by atoms with van der Waals surface area (Å²) in [6, 6.07) is 6.75. The molecule has 2 atom stereocenters. The van der Waals surface area contributed by atoms with E-state index in [1.54, 1.807) is 24.3 Å². The summed E-state index contributed by atoms with van der Waals surface area (Å²) < 4.78 is 5.41. The molecule has 9 nitrogen and oxygen atoms in total. The molecule has 2 saturated heterocycles. The van der Waals surface area contributed by atoms with Crippen LogP contribution >= 0.6 is 0 Å². The van der Waals surface area contributed by atoms with Crippen LogP contribution in [0.5, 0.6) is 5.75 Å². The van der Waals surface area contributed by atoms with E-state index in [1.165, 1.54) is 17.7 Å². The molecule has 0 spiro atoms. The number of aromatic nitrogens is 1. The molecule has 0 saturated carbocycles. The quantitative estimate of drug-likeness (QED) is 0.494. The average Bonchev–Trinajstić information content (AvgIpc) is 3.26. The molecule has 9 heteroatoms. The highest BCUT2D eigenvalue weighted by molar-refractivity contribution is 5.86. The van der Waals surface area contributed by atoms with E-state index >= 15 is 0 Å². The Balaban J connectivity index is 1.24. The number of benzene rings is 1. The standard InChI is InChI=1S/C27H33N5O4/c1-36-24-10-12-28-22-16-19(7-9-21(22)24)23(17-25(33)34)32-15-14-31(27(32)35)13-3-5-20-8-6-18-4-2-11-29-26(18)30-20/h6-10,12,16,23,26,29-30H,2-5,11,13-15,17H2,1H3,(H,33,34)/t23-,26?/m1/s1. The smallest absolute Gasteiger partial charge is 0.320 e. The number of carbonyl (C=O) groups is 2. The zero-order valence-corrected chi connectivity index (χ0v) is 20.6. The Morgan fingerprint density at radius 3 is 3.00 bits per heavy atom. The third-order valence-electron chi connectivity index (χ3n) is 7.27. The fourth-order valence-corrected chi connectivity index (χ4v) is 5.39. The monoisotopic (exact) mass is 491 g/mol. The molecule has 2 fully saturated rings. The lowest BCUT2D eigenvalue weighted by Crippen LogP contribution is -2.47. The van der Waals surface area contributed by atoms with Gasteiger partial charge in [-0.15, -0.1) is 0 Å². The van der Waals surface area contributed by atoms with Gasteiger partial charge in [-0.3, -0.25) is 15.1 Å². The predicted molar refractivity (Wildman–Crippen MR) is 137 cm³/mol. The number of allylic oxidation sites excluding steroid dienone is 3. The van der Waals surface area contributed by atoms with Crippen molar-refractivity contribution in [2.45, 2.75) is 44.3 Å². The second-order valence-corrected chi connectivity index (χ2v) is 9.54. The summed E-state index contributed by atoms with van der Waals surface area (Å²) in [5.41, 5.74) is 4.07. The number of carboxylic acids is 1. The van der Waals surface area contributed by atoms with E-state index < -0.39 is 12.0 Å². The number of hydrogen-bond donors (Lipinski definition) is 3. The summed E-state index contributed by atoms with van der Waals surface area (Å²) in [6.45, 7) is 2.76. The first-order chi connectivity index (χ1) is 17.5. The number of aliphatic carboxylic acids is 1. The van der Waals surface area contributed by atoms with Crippen LogP contribution in [0, 0.1) is 0 Å². The Morgan fingerprint density at radius 2 is 2.17 bits per heavy atom. The van der Waals surface area contributed by atoms with Crippen LogP contribution in [0.15, 0.2) is 53.9 Å². The van der Waals surface area contributed by atoms with Crippen molar-refractivity contribution < 1.29 is 19.4 Å². The maximum atomic E-state index is 13.3. The summed E-state index contributed by atoms with van der Waals surface area (Å²) in [5.74, 6) is -0.234. The molecule has 2 aromatic rings. The molecular formula is C27H33N5O4. The SMILES string of the molecule is COc1ccnc2cc([C@@H](CC(=O)O)N3CCN(CCCC4=CC=C5CCCNC5N4)C3=O)ccc12. The van der Waals surface area contributed by atoms with Crippen LogP contribution in [0.25, 0.3) is 10.9 Å². The Bertz CT molecular complexity index is 1210. The highest BCUT2D eigenvalue weighted by atomic mass is 16.5. The first-order valence-electron chi connectivity index (χ1n) is 12.6. The van der Waals surface area contributed by atoms with Crippen LogP contribution in [0.2, 0.25) is 0 Å². The molecule has 0 radical (unpaired) electrons. The second kappa shape index (κ2) is 10.6. The molecule has 0 aliphatic carbocycles. The molecule has 3 aliphatic heterocycles. The molecular weight excluding hydrogens is 458 g/mol. The van der Waals surface area contributed by atoms with Gasteiger partial charge in [0.2, 0.25) is 0 Å². The third-order valence-corrected chi connectivity index (χ3v) is 7.27. The summed E-state index contributed by atoms with van der Waals surface area (Å²) in [5, 5.41) is 17.5. The Labute approximate surface area is 210 Å². The van der Waals surface area contributed by atoms with Crippen molar-refractivity contribution in [2.75, 3.05) is 33.3 Å². The van der Waals surface area contributed by atoms with Crippen LogP contribution < -0.4 is 15.4 Å². The number of nitrogens with one attached hydrogen (secondary N) is 2. The van der Waals surface area contributed by atoms with Crippen molar-refractivity contribution in [1.82, 2.24) is 25.4 Å². The van der Waals surface area contributed by atoms with Gasteiger partial charge < -0.3 is 25.0 Å². The van der Waals surface area contributed by atoms with Crippen molar-refractivity contribution in [3.63, 3.8) is 0 Å². The van der Waals surface area contributed by atoms with Gasteiger partial charge in [-0.1, -0.05) is 12.1 Å². The molecule has 1 aromatic carbocycles. The number of amides is 2. The minimum Gasteiger partial charge on any atom is -0.496 e. The van der Waals surface area contributed by atoms with E-state index in [4.69, 9.17) is 4.74 Å². The number of nitrogens with zero attached hydrogens (tertiary/aromatic N) is 3. The van der Waals surface area contributed by atoms with Gasteiger partial charge in [0, 0.05) is 36.9 Å². The van der Waals surface area contributed by atoms with Crippen molar-refractivity contribution in [1.29, 1.82) is 0 Å². The number of ether oxygens (including phenoxy) is 1. The molecule has 2 amide bonds. The molecule has 0 bridgehead atoms. The first kappa shape index (κ1) is 24.1. The lowest BCUT2D eigenvalue weighted by atomic mass is 9.99. The topological polar surface area (TPSA) is 107 Å². The number of methoxy groups -OCH3 is 1. The van der Waals surface area contributed by atoms with Crippen molar-refractivity contribution >= 4 is 22.9 Å². The zero-order chi connectivity index (χ0) is 25.1. The lowest BCUT2D eigenvalue weighted by molar-refractivity contribution is -0.138. The number of urea groups is 1. The van der Waals surface area contributed by atoms with Crippen molar-refractivity contribution in [3.05, 3.63) is 59.4 Å². The Hall–Kier alpha value is -3.59. The van der Waals surface area contributed by atoms with Crippen molar-refractivity contribution in [2.24, 2.45) is 0 Å². The van der Waals surface area contributed by atoms with E-state index in [1.807, 2.05) is 23.1 Å². The Morgan fingerprint density at radius 1 is 1.28 bits per heavy atom. The van der Waals surface area contributed by atoms with E-state index in [9.17, 15) is 14.7 Å². The molecule has 1 unspecified atom stereocenters. The molecule has 36 heavy (non-hydrogen) atoms. The highest BCUT2D eigenvalue weighted by Gasteiger charge is 2.35. The van der Waals surface area contributed by atoms with Gasteiger partial charge in [-0.2, -0.15) is 0 Å². The van der Waals surface area contributed by atoms with Crippen LogP contribution in [0.3, 0.4) is 0 Å². The highest BCUT2D eigenvalue weighted by Crippen LogP contribution is 2.32. The average molecular weight is 492 g/mol. The number of carbonyl (C=O) groups excluding carboxylic acids is 1. The van der Waals surface area contributed by atoms with Crippen molar-refractivity contribution in [3.8, 4) is 5.75 Å². The first-order valence-corrected chi connectivity index (χ1v) is 12.6. The van der Waals surface area contributed by atoms with Crippen LogP contribution in [0.4, 0.5) is 4.79 Å². The van der Waals surface area contributed by atoms with Gasteiger partial charge in [-0.05, 0) is 67.6 Å². The minimum atomic E-state index is -0.941. The van der Waals surface area contributed by atoms with E-state index in [-0.39, 0.29) is 18.6 Å². The molecule has 190 valence electrons. The summed E-state index contributed by atoms with van der Waals surface area (Å²) >= 11 is 0. The molecule has 1 aromatic heterocycles. The fourth-order valence-electron chi connectivity index (χ4n) is 5.39. The predicted octanol–water partition coefficient (Wildman–Crippen LogP) is 3.40. The van der Waals surface area contributed by atoms with E-state index in [2.05, 4.69) is 27.8 Å². The number of rotatable bonds is 9. The largest absolute Gasteiger partial charge is 0.496 e. The summed E-state index contributed by atoms with van der Waals surface area (Å²) in [7, 11) is 1.61. The van der Waals surface area contributed by atoms with Crippen LogP contribution in [-0.2, 0) is 4.79 Å². The van der Waals surface area contributed by atoms with Crippen LogP contribution in [-0.4, -0.2) is 71.3 Å².